The predicted octanol–water partition coefficient (Wildman–Crippen LogP) is 7.49. The van der Waals surface area contributed by atoms with Crippen LogP contribution in [0.25, 0.3) is 6.08 Å². The molecule has 172 valence electrons. The Morgan fingerprint density at radius 2 is 1.41 bits per heavy atom. The van der Waals surface area contributed by atoms with Crippen molar-refractivity contribution in [1.82, 2.24) is 15.0 Å². The highest BCUT2D eigenvalue weighted by atomic mass is 15.3. The van der Waals surface area contributed by atoms with E-state index in [4.69, 9.17) is 0 Å². The summed E-state index contributed by atoms with van der Waals surface area (Å²) >= 11 is 0. The molecule has 0 aliphatic heterocycles. The molecule has 6 heteroatoms. The Hall–Kier alpha value is -3.41. The summed E-state index contributed by atoms with van der Waals surface area (Å²) in [6.07, 6.45) is 3.09. The van der Waals surface area contributed by atoms with E-state index in [1.165, 1.54) is 6.42 Å². The molecule has 0 saturated carbocycles. The normalized spacial score (nSPS) is 9.47. The van der Waals surface area contributed by atoms with Gasteiger partial charge in [-0.3, -0.25) is 0 Å². The van der Waals surface area contributed by atoms with Crippen LogP contribution in [0.15, 0.2) is 49.0 Å². The second-order valence-electron chi connectivity index (χ2n) is 6.88. The predicted molar refractivity (Wildman–Crippen MR) is 140 cm³/mol. The first-order valence-electron chi connectivity index (χ1n) is 11.3. The fourth-order valence-electron chi connectivity index (χ4n) is 2.67. The van der Waals surface area contributed by atoms with Crippen molar-refractivity contribution in [3.8, 4) is 0 Å². The Labute approximate surface area is 193 Å². The summed E-state index contributed by atoms with van der Waals surface area (Å²) in [5.74, 6) is 1.48. The maximum Gasteiger partial charge on any atom is 0.233 e. The first-order chi connectivity index (χ1) is 15.5. The van der Waals surface area contributed by atoms with Crippen LogP contribution in [-0.4, -0.2) is 21.5 Å². The Morgan fingerprint density at radius 3 is 1.97 bits per heavy atom. The Kier molecular flexibility index (Phi) is 12.1. The van der Waals surface area contributed by atoms with Crippen molar-refractivity contribution in [2.24, 2.45) is 0 Å². The van der Waals surface area contributed by atoms with E-state index in [0.717, 1.165) is 34.6 Å². The molecule has 0 spiro atoms. The molecular formula is C26H38N6. The number of nitrogens with zero attached hydrogens (tertiary/aromatic N) is 3. The van der Waals surface area contributed by atoms with Crippen LogP contribution in [-0.2, 0) is 0 Å². The van der Waals surface area contributed by atoms with Crippen molar-refractivity contribution in [3.05, 3.63) is 65.7 Å². The van der Waals surface area contributed by atoms with E-state index in [0.29, 0.717) is 17.8 Å². The third-order valence-electron chi connectivity index (χ3n) is 4.11. The molecule has 32 heavy (non-hydrogen) atoms. The number of anilines is 5. The van der Waals surface area contributed by atoms with Crippen molar-refractivity contribution >= 4 is 35.3 Å². The van der Waals surface area contributed by atoms with Gasteiger partial charge in [-0.1, -0.05) is 71.0 Å². The fraction of sp³-hybridized carbons (Fsp3) is 0.346. The largest absolute Gasteiger partial charge is 0.354 e. The van der Waals surface area contributed by atoms with Crippen molar-refractivity contribution in [3.63, 3.8) is 0 Å². The molecule has 0 aliphatic rings. The van der Waals surface area contributed by atoms with Crippen LogP contribution in [0.2, 0.25) is 0 Å². The molecular weight excluding hydrogens is 396 g/mol. The van der Waals surface area contributed by atoms with Crippen LogP contribution in [0.4, 0.5) is 29.2 Å². The third-order valence-corrected chi connectivity index (χ3v) is 4.11. The lowest BCUT2D eigenvalue weighted by atomic mass is 10.1. The number of hydrogen-bond acceptors (Lipinski definition) is 6. The highest BCUT2D eigenvalue weighted by Crippen LogP contribution is 2.22. The van der Waals surface area contributed by atoms with Crippen molar-refractivity contribution in [1.29, 1.82) is 0 Å². The van der Waals surface area contributed by atoms with E-state index in [-0.39, 0.29) is 0 Å². The fourth-order valence-corrected chi connectivity index (χ4v) is 2.67. The molecule has 0 amide bonds. The maximum absolute atomic E-state index is 4.51. The zero-order valence-electron chi connectivity index (χ0n) is 20.6. The van der Waals surface area contributed by atoms with Gasteiger partial charge in [0.05, 0.1) is 0 Å². The highest BCUT2D eigenvalue weighted by Gasteiger charge is 2.08. The number of aryl methyl sites for hydroxylation is 2. The number of para-hydroxylation sites is 1. The van der Waals surface area contributed by atoms with Crippen LogP contribution in [0.5, 0.6) is 0 Å². The average Bonchev–Trinajstić information content (AvgIpc) is 2.78. The van der Waals surface area contributed by atoms with E-state index < -0.39 is 0 Å². The molecule has 0 saturated heterocycles. The summed E-state index contributed by atoms with van der Waals surface area (Å²) in [5.41, 5.74) is 5.23. The molecule has 2 aromatic carbocycles. The van der Waals surface area contributed by atoms with Crippen molar-refractivity contribution in [2.75, 3.05) is 22.5 Å². The summed E-state index contributed by atoms with van der Waals surface area (Å²) in [7, 11) is 0. The average molecular weight is 435 g/mol. The number of benzene rings is 2. The minimum Gasteiger partial charge on any atom is -0.354 e. The minimum atomic E-state index is 0.475. The van der Waals surface area contributed by atoms with Gasteiger partial charge in [0.2, 0.25) is 17.8 Å². The van der Waals surface area contributed by atoms with Crippen LogP contribution in [0, 0.1) is 13.8 Å². The van der Waals surface area contributed by atoms with E-state index in [2.05, 4.69) is 51.3 Å². The van der Waals surface area contributed by atoms with Gasteiger partial charge in [-0.25, -0.2) is 0 Å². The Morgan fingerprint density at radius 1 is 0.812 bits per heavy atom. The van der Waals surface area contributed by atoms with Gasteiger partial charge < -0.3 is 16.0 Å². The second kappa shape index (κ2) is 14.6. The molecule has 0 radical (unpaired) electrons. The van der Waals surface area contributed by atoms with Crippen molar-refractivity contribution in [2.45, 2.75) is 54.9 Å². The Bertz CT molecular complexity index is 968. The second-order valence-corrected chi connectivity index (χ2v) is 6.88. The lowest BCUT2D eigenvalue weighted by Crippen LogP contribution is -2.09. The lowest BCUT2D eigenvalue weighted by Gasteiger charge is -2.12. The number of hydrogen-bond donors (Lipinski definition) is 3. The van der Waals surface area contributed by atoms with Crippen LogP contribution < -0.4 is 16.0 Å². The smallest absolute Gasteiger partial charge is 0.233 e. The number of aromatic nitrogens is 3. The molecule has 3 N–H and O–H groups in total. The maximum atomic E-state index is 4.51. The minimum absolute atomic E-state index is 0.475. The zero-order chi connectivity index (χ0) is 23.9. The quantitative estimate of drug-likeness (QED) is 0.357. The van der Waals surface area contributed by atoms with E-state index in [1.807, 2.05) is 83.2 Å². The summed E-state index contributed by atoms with van der Waals surface area (Å²) in [6, 6.07) is 14.1. The van der Waals surface area contributed by atoms with E-state index in [9.17, 15) is 0 Å². The van der Waals surface area contributed by atoms with Gasteiger partial charge in [0.25, 0.3) is 0 Å². The van der Waals surface area contributed by atoms with Gasteiger partial charge in [-0.15, -0.1) is 0 Å². The molecule has 3 rings (SSSR count). The first-order valence-corrected chi connectivity index (χ1v) is 11.3. The summed E-state index contributed by atoms with van der Waals surface area (Å²) in [4.78, 5) is 13.4. The summed E-state index contributed by atoms with van der Waals surface area (Å²) in [5, 5.41) is 9.68. The first kappa shape index (κ1) is 26.6. The zero-order valence-corrected chi connectivity index (χ0v) is 20.6. The number of rotatable bonds is 7. The van der Waals surface area contributed by atoms with Gasteiger partial charge in [-0.2, -0.15) is 15.0 Å². The third kappa shape index (κ3) is 8.38. The van der Waals surface area contributed by atoms with Gasteiger partial charge in [0.1, 0.15) is 0 Å². The molecule has 0 unspecified atom stereocenters. The summed E-state index contributed by atoms with van der Waals surface area (Å²) in [6.45, 7) is 18.9. The van der Waals surface area contributed by atoms with Crippen LogP contribution in [0.1, 0.15) is 57.7 Å². The Balaban J connectivity index is 0.000000944. The monoisotopic (exact) mass is 434 g/mol. The van der Waals surface area contributed by atoms with Gasteiger partial charge in [0, 0.05) is 17.9 Å². The SMILES string of the molecule is C=Cc1ccc(Nc2nc(NCC)nc(Nc3ccccc3C)n2)cc1C.CC.CCC. The van der Waals surface area contributed by atoms with Crippen LogP contribution >= 0.6 is 0 Å². The highest BCUT2D eigenvalue weighted by molar-refractivity contribution is 5.64. The number of nitrogens with one attached hydrogen (secondary N) is 3. The summed E-state index contributed by atoms with van der Waals surface area (Å²) < 4.78 is 0. The van der Waals surface area contributed by atoms with Gasteiger partial charge >= 0.3 is 0 Å². The molecule has 6 nitrogen and oxygen atoms in total. The molecule has 0 fully saturated rings. The lowest BCUT2D eigenvalue weighted by molar-refractivity contribution is 1.03. The van der Waals surface area contributed by atoms with Gasteiger partial charge in [-0.05, 0) is 55.7 Å². The van der Waals surface area contributed by atoms with E-state index >= 15 is 0 Å². The van der Waals surface area contributed by atoms with E-state index in [1.54, 1.807) is 0 Å². The molecule has 0 bridgehead atoms. The topological polar surface area (TPSA) is 74.8 Å². The molecule has 3 aromatic rings. The molecule has 1 aromatic heterocycles. The molecule has 0 aliphatic carbocycles. The van der Waals surface area contributed by atoms with Crippen molar-refractivity contribution < 1.29 is 0 Å². The van der Waals surface area contributed by atoms with Gasteiger partial charge in [0.15, 0.2) is 0 Å². The van der Waals surface area contributed by atoms with Crippen LogP contribution in [0.3, 0.4) is 0 Å². The molecule has 0 atom stereocenters. The molecule has 1 heterocycles. The standard InChI is InChI=1S/C21H24N6.C3H8.C2H6/c1-5-16-11-12-17(13-15(16)4)23-20-25-19(22-6-2)26-21(27-20)24-18-10-8-7-9-14(18)3;1-3-2;1-2/h5,7-13H,1,6H2,2-4H3,(H3,22,23,24,25,26,27);3H2,1-2H3;1-2H3.